The Labute approximate surface area is 91.4 Å². The van der Waals surface area contributed by atoms with Gasteiger partial charge in [0.05, 0.1) is 14.3 Å². The van der Waals surface area contributed by atoms with Crippen molar-refractivity contribution in [1.29, 1.82) is 0 Å². The van der Waals surface area contributed by atoms with Crippen molar-refractivity contribution in [3.05, 3.63) is 48.3 Å². The second kappa shape index (κ2) is 5.56. The Morgan fingerprint density at radius 3 is 2.33 bits per heavy atom. The maximum atomic E-state index is 10.4. The SMILES string of the molecule is C=CP(Cc1ccccc1)O[Cl+3]([O-])([O-])[O-]. The molecule has 0 aliphatic heterocycles. The van der Waals surface area contributed by atoms with Crippen LogP contribution in [0, 0.1) is 10.2 Å². The molecule has 82 valence electrons. The quantitative estimate of drug-likeness (QED) is 0.667. The van der Waals surface area contributed by atoms with E-state index in [0.29, 0.717) is 6.16 Å². The molecule has 1 aromatic carbocycles. The van der Waals surface area contributed by atoms with Gasteiger partial charge in [0, 0.05) is 6.16 Å². The summed E-state index contributed by atoms with van der Waals surface area (Å²) < 4.78 is 35.4. The van der Waals surface area contributed by atoms with Gasteiger partial charge in [-0.15, -0.1) is 0 Å². The first-order chi connectivity index (χ1) is 7.01. The van der Waals surface area contributed by atoms with Gasteiger partial charge in [-0.25, -0.2) is 0 Å². The van der Waals surface area contributed by atoms with E-state index >= 15 is 0 Å². The first-order valence-electron chi connectivity index (χ1n) is 4.05. The van der Waals surface area contributed by atoms with Crippen LogP contribution in [0.1, 0.15) is 5.56 Å². The Kier molecular flexibility index (Phi) is 4.67. The molecule has 0 aliphatic carbocycles. The molecule has 6 heteroatoms. The Morgan fingerprint density at radius 2 is 1.87 bits per heavy atom. The Morgan fingerprint density at radius 1 is 1.27 bits per heavy atom. The van der Waals surface area contributed by atoms with Gasteiger partial charge in [-0.1, -0.05) is 36.9 Å². The predicted molar refractivity (Wildman–Crippen MR) is 48.3 cm³/mol. The van der Waals surface area contributed by atoms with E-state index in [0.717, 1.165) is 5.56 Å². The molecule has 0 saturated heterocycles. The van der Waals surface area contributed by atoms with Crippen molar-refractivity contribution in [2.24, 2.45) is 0 Å². The molecule has 1 aromatic rings. The van der Waals surface area contributed by atoms with E-state index in [2.05, 4.69) is 10.7 Å². The number of halogens is 1. The lowest BCUT2D eigenvalue weighted by Crippen LogP contribution is -2.60. The van der Waals surface area contributed by atoms with Gasteiger partial charge in [0.1, 0.15) is 0 Å². The summed E-state index contributed by atoms with van der Waals surface area (Å²) in [7, 11) is -5.85. The van der Waals surface area contributed by atoms with E-state index in [9.17, 15) is 14.0 Å². The number of hydrogen-bond acceptors (Lipinski definition) is 4. The molecule has 0 fully saturated rings. The van der Waals surface area contributed by atoms with Crippen LogP contribution in [-0.4, -0.2) is 0 Å². The fraction of sp³-hybridized carbons (Fsp3) is 0.111. The van der Waals surface area contributed by atoms with Crippen molar-refractivity contribution in [2.75, 3.05) is 0 Å². The van der Waals surface area contributed by atoms with E-state index in [1.807, 2.05) is 30.3 Å². The highest BCUT2D eigenvalue weighted by Gasteiger charge is 2.26. The molecule has 4 nitrogen and oxygen atoms in total. The molecular weight excluding hydrogens is 239 g/mol. The molecule has 1 atom stereocenters. The summed E-state index contributed by atoms with van der Waals surface area (Å²) in [6, 6.07) is 9.17. The molecule has 15 heavy (non-hydrogen) atoms. The smallest absolute Gasteiger partial charge is 0.183 e. The van der Waals surface area contributed by atoms with Crippen LogP contribution in [0.15, 0.2) is 42.7 Å². The first kappa shape index (κ1) is 12.6. The Balaban J connectivity index is 2.59. The lowest BCUT2D eigenvalue weighted by molar-refractivity contribution is -1.91. The molecule has 1 unspecified atom stereocenters. The number of hydrogen-bond donors (Lipinski definition) is 0. The maximum absolute atomic E-state index is 10.4. The summed E-state index contributed by atoms with van der Waals surface area (Å²) in [5, 5.41) is 0. The minimum Gasteiger partial charge on any atom is -0.183 e. The van der Waals surface area contributed by atoms with Crippen LogP contribution in [-0.2, 0) is 10.2 Å². The monoisotopic (exact) mass is 248 g/mol. The van der Waals surface area contributed by atoms with Crippen molar-refractivity contribution >= 4 is 8.15 Å². The maximum Gasteiger partial charge on any atom is 0.243 e. The van der Waals surface area contributed by atoms with Crippen LogP contribution in [0.4, 0.5) is 0 Å². The predicted octanol–water partition coefficient (Wildman–Crippen LogP) is -0.359. The topological polar surface area (TPSA) is 78.4 Å². The average molecular weight is 249 g/mol. The summed E-state index contributed by atoms with van der Waals surface area (Å²) in [6.45, 7) is 3.44. The van der Waals surface area contributed by atoms with Crippen LogP contribution in [0.2, 0.25) is 0 Å². The van der Waals surface area contributed by atoms with Crippen LogP contribution in [0.25, 0.3) is 0 Å². The van der Waals surface area contributed by atoms with Gasteiger partial charge >= 0.3 is 0 Å². The van der Waals surface area contributed by atoms with Crippen molar-refractivity contribution in [1.82, 2.24) is 0 Å². The van der Waals surface area contributed by atoms with Gasteiger partial charge in [0.15, 0.2) is 0 Å². The molecule has 0 N–H and O–H groups in total. The van der Waals surface area contributed by atoms with Crippen LogP contribution >= 0.6 is 8.15 Å². The van der Waals surface area contributed by atoms with Gasteiger partial charge in [0.25, 0.3) is 0 Å². The second-order valence-corrected chi connectivity index (χ2v) is 5.51. The van der Waals surface area contributed by atoms with Crippen LogP contribution in [0.5, 0.6) is 0 Å². The Hall–Kier alpha value is -0.480. The minimum atomic E-state index is -4.38. The van der Waals surface area contributed by atoms with Gasteiger partial charge in [-0.3, -0.25) is 0 Å². The number of rotatable bonds is 5. The largest absolute Gasteiger partial charge is 0.243 e. The highest BCUT2D eigenvalue weighted by Crippen LogP contribution is 2.43. The zero-order valence-electron chi connectivity index (χ0n) is 7.84. The van der Waals surface area contributed by atoms with Crippen LogP contribution in [0.3, 0.4) is 0 Å². The van der Waals surface area contributed by atoms with E-state index < -0.39 is 18.4 Å². The molecule has 1 rings (SSSR count). The van der Waals surface area contributed by atoms with E-state index in [-0.39, 0.29) is 0 Å². The van der Waals surface area contributed by atoms with Gasteiger partial charge in [0.2, 0.25) is 8.15 Å². The molecule has 0 saturated carbocycles. The van der Waals surface area contributed by atoms with E-state index in [1.165, 1.54) is 5.82 Å². The molecule has 0 heterocycles. The molecular formula is C9H10ClO4P. The third kappa shape index (κ3) is 5.23. The third-order valence-corrected chi connectivity index (χ3v) is 4.03. The lowest BCUT2D eigenvalue weighted by atomic mass is 10.2. The second-order valence-electron chi connectivity index (χ2n) is 2.69. The fourth-order valence-corrected chi connectivity index (χ4v) is 2.98. The van der Waals surface area contributed by atoms with Crippen molar-refractivity contribution in [2.45, 2.75) is 6.16 Å². The minimum absolute atomic E-state index is 0.369. The summed E-state index contributed by atoms with van der Waals surface area (Å²) in [5.41, 5.74) is 0.905. The van der Waals surface area contributed by atoms with Crippen molar-refractivity contribution in [3.63, 3.8) is 0 Å². The molecule has 0 amide bonds. The highest BCUT2D eigenvalue weighted by atomic mass is 35.7. The molecule has 0 bridgehead atoms. The summed E-state index contributed by atoms with van der Waals surface area (Å²) in [4.78, 5) is 0. The lowest BCUT2D eigenvalue weighted by Gasteiger charge is -2.16. The summed E-state index contributed by atoms with van der Waals surface area (Å²) in [5.74, 6) is 1.35. The fourth-order valence-electron chi connectivity index (χ4n) is 0.989. The zero-order chi connectivity index (χ0) is 11.3. The third-order valence-electron chi connectivity index (χ3n) is 1.56. The molecule has 0 aliphatic rings. The molecule has 0 aromatic heterocycles. The zero-order valence-corrected chi connectivity index (χ0v) is 9.49. The van der Waals surface area contributed by atoms with Crippen molar-refractivity contribution in [3.8, 4) is 0 Å². The van der Waals surface area contributed by atoms with E-state index in [4.69, 9.17) is 0 Å². The van der Waals surface area contributed by atoms with E-state index in [1.54, 1.807) is 0 Å². The van der Waals surface area contributed by atoms with Crippen LogP contribution < -0.4 is 14.0 Å². The van der Waals surface area contributed by atoms with Crippen molar-refractivity contribution < 1.29 is 28.3 Å². The summed E-state index contributed by atoms with van der Waals surface area (Å²) >= 11 is 0. The highest BCUT2D eigenvalue weighted by molar-refractivity contribution is 7.54. The average Bonchev–Trinajstić information content (AvgIpc) is 2.16. The first-order valence-corrected chi connectivity index (χ1v) is 6.80. The standard InChI is InChI=1S/C9H10ClO4P/c1-2-15(14-10(11,12)13)8-9-6-4-3-5-7-9/h2-7H,1,8H2. The van der Waals surface area contributed by atoms with Gasteiger partial charge < -0.3 is 0 Å². The molecule has 0 spiro atoms. The van der Waals surface area contributed by atoms with Gasteiger partial charge in [-0.05, 0) is 11.4 Å². The summed E-state index contributed by atoms with van der Waals surface area (Å²) in [6.07, 6.45) is 0.369. The Bertz CT molecular complexity index is 312. The number of benzene rings is 1. The molecule has 0 radical (unpaired) electrons. The normalized spacial score (nSPS) is 13.5. The van der Waals surface area contributed by atoms with Gasteiger partial charge in [-0.2, -0.15) is 14.0 Å².